The summed E-state index contributed by atoms with van der Waals surface area (Å²) in [6.45, 7) is 0. The fourth-order valence-electron chi connectivity index (χ4n) is 3.52. The molecule has 1 aromatic rings. The second kappa shape index (κ2) is 7.09. The third-order valence-electron chi connectivity index (χ3n) is 4.86. The average Bonchev–Trinajstić information content (AvgIpc) is 2.83. The predicted molar refractivity (Wildman–Crippen MR) is 99.2 cm³/mol. The zero-order chi connectivity index (χ0) is 17.1. The van der Waals surface area contributed by atoms with Crippen molar-refractivity contribution >= 4 is 0 Å². The number of ether oxygens (including phenoxy) is 1. The average molecular weight is 333 g/mol. The van der Waals surface area contributed by atoms with E-state index in [2.05, 4.69) is 34.9 Å². The van der Waals surface area contributed by atoms with E-state index in [9.17, 15) is 0 Å². The first-order valence-corrected chi connectivity index (χ1v) is 9.01. The van der Waals surface area contributed by atoms with Gasteiger partial charge in [-0.05, 0) is 49.2 Å². The molecule has 128 valence electrons. The van der Waals surface area contributed by atoms with E-state index in [1.807, 2.05) is 24.3 Å². The molecule has 0 spiro atoms. The molecule has 4 rings (SSSR count). The van der Waals surface area contributed by atoms with Gasteiger partial charge in [0, 0.05) is 5.69 Å². The lowest BCUT2D eigenvalue weighted by atomic mass is 9.96. The van der Waals surface area contributed by atoms with Crippen LogP contribution in [0, 0.1) is 0 Å². The van der Waals surface area contributed by atoms with E-state index in [-0.39, 0.29) is 0 Å². The molecule has 1 fully saturated rings. The number of imidazole rings is 1. The number of hydrogen-bond donors (Lipinski definition) is 0. The number of hydrogen-bond acceptors (Lipinski definition) is 3. The summed E-state index contributed by atoms with van der Waals surface area (Å²) in [5.74, 6) is 0.851. The molecule has 1 heterocycles. The van der Waals surface area contributed by atoms with Crippen LogP contribution in [0.15, 0.2) is 59.6 Å². The van der Waals surface area contributed by atoms with Crippen LogP contribution in [-0.2, 0) is 0 Å². The van der Waals surface area contributed by atoms with Crippen LogP contribution in [0.3, 0.4) is 0 Å². The van der Waals surface area contributed by atoms with Crippen LogP contribution < -0.4 is 10.4 Å². The van der Waals surface area contributed by atoms with Gasteiger partial charge in [0.25, 0.3) is 0 Å². The molecule has 0 saturated heterocycles. The molecule has 0 N–H and O–H groups in total. The maximum absolute atomic E-state index is 5.29. The SMILES string of the molecule is COc1ccc(-n2c3cccccc-3nc2=NC2CCCCC2)cc1. The van der Waals surface area contributed by atoms with Crippen molar-refractivity contribution in [2.45, 2.75) is 38.1 Å². The zero-order valence-corrected chi connectivity index (χ0v) is 14.6. The van der Waals surface area contributed by atoms with Crippen LogP contribution >= 0.6 is 0 Å². The molecular weight excluding hydrogens is 310 g/mol. The Kier molecular flexibility index (Phi) is 4.51. The minimum atomic E-state index is 0.385. The van der Waals surface area contributed by atoms with Crippen molar-refractivity contribution in [2.75, 3.05) is 7.11 Å². The van der Waals surface area contributed by atoms with Gasteiger partial charge in [0.2, 0.25) is 5.62 Å². The van der Waals surface area contributed by atoms with E-state index in [0.717, 1.165) is 28.4 Å². The largest absolute Gasteiger partial charge is 0.497 e. The molecule has 0 bridgehead atoms. The number of fused-ring (bicyclic) bond motifs is 1. The Labute approximate surface area is 148 Å². The van der Waals surface area contributed by atoms with Crippen molar-refractivity contribution < 1.29 is 4.74 Å². The zero-order valence-electron chi connectivity index (χ0n) is 14.6. The van der Waals surface area contributed by atoms with Gasteiger partial charge in [-0.3, -0.25) is 4.57 Å². The fraction of sp³-hybridized carbons (Fsp3) is 0.333. The topological polar surface area (TPSA) is 39.4 Å². The van der Waals surface area contributed by atoms with Gasteiger partial charge >= 0.3 is 0 Å². The van der Waals surface area contributed by atoms with Crippen molar-refractivity contribution in [3.63, 3.8) is 0 Å². The fourth-order valence-corrected chi connectivity index (χ4v) is 3.52. The number of aromatic nitrogens is 2. The Morgan fingerprint density at radius 1 is 0.960 bits per heavy atom. The van der Waals surface area contributed by atoms with E-state index in [1.54, 1.807) is 7.11 Å². The summed E-state index contributed by atoms with van der Waals surface area (Å²) in [6.07, 6.45) is 6.20. The van der Waals surface area contributed by atoms with Crippen molar-refractivity contribution in [3.05, 3.63) is 60.2 Å². The molecule has 2 aliphatic carbocycles. The third-order valence-corrected chi connectivity index (χ3v) is 4.86. The predicted octanol–water partition coefficient (Wildman–Crippen LogP) is 4.22. The summed E-state index contributed by atoms with van der Waals surface area (Å²) in [4.78, 5) is 9.85. The van der Waals surface area contributed by atoms with E-state index >= 15 is 0 Å². The summed E-state index contributed by atoms with van der Waals surface area (Å²) in [5, 5.41) is 0. The Bertz CT molecular complexity index is 876. The lowest BCUT2D eigenvalue weighted by Crippen LogP contribution is -2.22. The first-order valence-electron chi connectivity index (χ1n) is 9.01. The number of rotatable bonds is 3. The Balaban J connectivity index is 1.88. The third kappa shape index (κ3) is 3.29. The maximum Gasteiger partial charge on any atom is 0.230 e. The molecule has 4 heteroatoms. The summed E-state index contributed by atoms with van der Waals surface area (Å²) in [5.41, 5.74) is 3.91. The van der Waals surface area contributed by atoms with Gasteiger partial charge in [0.05, 0.1) is 24.5 Å². The molecule has 0 atom stereocenters. The van der Waals surface area contributed by atoms with Gasteiger partial charge in [0.15, 0.2) is 0 Å². The normalized spacial score (nSPS) is 16.3. The van der Waals surface area contributed by atoms with E-state index < -0.39 is 0 Å². The van der Waals surface area contributed by atoms with Gasteiger partial charge in [-0.2, -0.15) is 0 Å². The van der Waals surface area contributed by atoms with Crippen LogP contribution in [0.2, 0.25) is 0 Å². The number of nitrogens with zero attached hydrogens (tertiary/aromatic N) is 3. The Morgan fingerprint density at radius 2 is 1.72 bits per heavy atom. The number of benzene rings is 1. The Hall–Kier alpha value is -2.62. The van der Waals surface area contributed by atoms with E-state index in [4.69, 9.17) is 14.7 Å². The molecule has 0 amide bonds. The lowest BCUT2D eigenvalue weighted by molar-refractivity contribution is 0.414. The highest BCUT2D eigenvalue weighted by Crippen LogP contribution is 2.23. The maximum atomic E-state index is 5.29. The second-order valence-electron chi connectivity index (χ2n) is 6.55. The summed E-state index contributed by atoms with van der Waals surface area (Å²) < 4.78 is 7.45. The Morgan fingerprint density at radius 3 is 2.48 bits per heavy atom. The van der Waals surface area contributed by atoms with Crippen LogP contribution in [0.1, 0.15) is 32.1 Å². The van der Waals surface area contributed by atoms with E-state index in [1.165, 1.54) is 32.1 Å². The second-order valence-corrected chi connectivity index (χ2v) is 6.55. The highest BCUT2D eigenvalue weighted by atomic mass is 16.5. The number of methoxy groups -OCH3 is 1. The van der Waals surface area contributed by atoms with Crippen LogP contribution in [0.5, 0.6) is 5.75 Å². The molecule has 0 aromatic heterocycles. The van der Waals surface area contributed by atoms with Gasteiger partial charge in [-0.25, -0.2) is 9.98 Å². The quantitative estimate of drug-likeness (QED) is 0.720. The smallest absolute Gasteiger partial charge is 0.230 e. The monoisotopic (exact) mass is 333 g/mol. The molecular formula is C21H23N3O. The molecule has 1 saturated carbocycles. The van der Waals surface area contributed by atoms with Gasteiger partial charge < -0.3 is 4.74 Å². The summed E-state index contributed by atoms with van der Waals surface area (Å²) in [6, 6.07) is 18.7. The molecule has 0 unspecified atom stereocenters. The van der Waals surface area contributed by atoms with Crippen molar-refractivity contribution in [3.8, 4) is 22.8 Å². The minimum Gasteiger partial charge on any atom is -0.497 e. The van der Waals surface area contributed by atoms with Crippen molar-refractivity contribution in [2.24, 2.45) is 4.99 Å². The van der Waals surface area contributed by atoms with Gasteiger partial charge in [-0.15, -0.1) is 0 Å². The van der Waals surface area contributed by atoms with Crippen LogP contribution in [0.25, 0.3) is 17.1 Å². The lowest BCUT2D eigenvalue weighted by Gasteiger charge is -2.17. The van der Waals surface area contributed by atoms with E-state index in [0.29, 0.717) is 6.04 Å². The van der Waals surface area contributed by atoms with Gasteiger partial charge in [0.1, 0.15) is 5.75 Å². The molecule has 1 aliphatic heterocycles. The van der Waals surface area contributed by atoms with Crippen LogP contribution in [0.4, 0.5) is 0 Å². The highest BCUT2D eigenvalue weighted by Gasteiger charge is 2.16. The molecule has 3 aliphatic rings. The summed E-state index contributed by atoms with van der Waals surface area (Å²) in [7, 11) is 1.69. The summed E-state index contributed by atoms with van der Waals surface area (Å²) >= 11 is 0. The molecule has 25 heavy (non-hydrogen) atoms. The highest BCUT2D eigenvalue weighted by molar-refractivity contribution is 5.59. The molecule has 0 radical (unpaired) electrons. The molecule has 1 aromatic carbocycles. The first kappa shape index (κ1) is 15.9. The standard InChI is InChI=1S/C21H23N3O/c1-25-18-14-12-17(13-15-18)24-20-11-7-3-6-10-19(20)23-21(24)22-16-8-4-2-5-9-16/h3,6-7,10-16H,2,4-5,8-9H2,1H3. The van der Waals surface area contributed by atoms with Crippen molar-refractivity contribution in [1.29, 1.82) is 0 Å². The van der Waals surface area contributed by atoms with Crippen LogP contribution in [-0.4, -0.2) is 22.7 Å². The first-order chi connectivity index (χ1) is 12.3. The van der Waals surface area contributed by atoms with Gasteiger partial charge in [-0.1, -0.05) is 37.5 Å². The molecule has 4 nitrogen and oxygen atoms in total. The van der Waals surface area contributed by atoms with Crippen molar-refractivity contribution in [1.82, 2.24) is 9.55 Å². The minimum absolute atomic E-state index is 0.385.